The first-order valence-electron chi connectivity index (χ1n) is 8.42. The molecule has 2 atom stereocenters. The van der Waals surface area contributed by atoms with Crippen LogP contribution in [0.25, 0.3) is 0 Å². The monoisotopic (exact) mass is 303 g/mol. The molecule has 0 heterocycles. The Bertz CT molecular complexity index is 487. The molecule has 22 heavy (non-hydrogen) atoms. The van der Waals surface area contributed by atoms with Gasteiger partial charge < -0.3 is 11.1 Å². The highest BCUT2D eigenvalue weighted by Crippen LogP contribution is 2.60. The van der Waals surface area contributed by atoms with Crippen LogP contribution in [-0.4, -0.2) is 17.9 Å². The highest BCUT2D eigenvalue weighted by atomic mass is 16.2. The van der Waals surface area contributed by atoms with Gasteiger partial charge in [-0.15, -0.1) is 0 Å². The Labute approximate surface area is 131 Å². The van der Waals surface area contributed by atoms with E-state index in [-0.39, 0.29) is 17.2 Å². The molecule has 0 spiro atoms. The van der Waals surface area contributed by atoms with Crippen LogP contribution in [0.3, 0.4) is 0 Å². The molecule has 2 amide bonds. The summed E-state index contributed by atoms with van der Waals surface area (Å²) >= 11 is 0. The first kappa shape index (κ1) is 15.3. The molecule has 4 bridgehead atoms. The van der Waals surface area contributed by atoms with Crippen LogP contribution in [0.2, 0.25) is 0 Å². The van der Waals surface area contributed by atoms with Crippen molar-refractivity contribution in [2.24, 2.45) is 34.8 Å². The molecule has 5 nitrogen and oxygen atoms in total. The predicted molar refractivity (Wildman–Crippen MR) is 81.1 cm³/mol. The van der Waals surface area contributed by atoms with E-state index >= 15 is 0 Å². The minimum Gasteiger partial charge on any atom is -0.368 e. The number of carbonyl (C=O) groups excluding carboxylic acids is 2. The minimum absolute atomic E-state index is 0.000500. The molecule has 4 aliphatic rings. The van der Waals surface area contributed by atoms with Crippen LogP contribution in [0.5, 0.6) is 0 Å². The molecule has 5 heteroatoms. The Morgan fingerprint density at radius 2 is 1.73 bits per heavy atom. The standard InChI is InChI=1S/C17H25N3O2/c1-10(9-18)2-14(15(19)21)20-16(22)17-6-11-3-12(7-17)5-13(4-11)8-17/h10-14H,2-8H2,1H3,(H2,19,21)(H,20,22)/t10-,11?,12?,13?,14-,17?/m0/s1. The van der Waals surface area contributed by atoms with E-state index < -0.39 is 11.9 Å². The molecular weight excluding hydrogens is 278 g/mol. The van der Waals surface area contributed by atoms with Gasteiger partial charge in [0.15, 0.2) is 0 Å². The number of hydrogen-bond donors (Lipinski definition) is 2. The molecule has 0 aromatic carbocycles. The molecule has 120 valence electrons. The summed E-state index contributed by atoms with van der Waals surface area (Å²) in [6.45, 7) is 1.74. The second kappa shape index (κ2) is 5.57. The van der Waals surface area contributed by atoms with Gasteiger partial charge in [-0.1, -0.05) is 0 Å². The Balaban J connectivity index is 1.70. The molecular formula is C17H25N3O2. The van der Waals surface area contributed by atoms with Crippen molar-refractivity contribution in [2.45, 2.75) is 57.9 Å². The number of nitrogens with two attached hydrogens (primary N) is 1. The quantitative estimate of drug-likeness (QED) is 0.809. The number of nitriles is 1. The van der Waals surface area contributed by atoms with Crippen molar-refractivity contribution in [1.82, 2.24) is 5.32 Å². The lowest BCUT2D eigenvalue weighted by atomic mass is 9.49. The van der Waals surface area contributed by atoms with Gasteiger partial charge in [0.1, 0.15) is 6.04 Å². The van der Waals surface area contributed by atoms with Crippen molar-refractivity contribution >= 4 is 11.8 Å². The van der Waals surface area contributed by atoms with E-state index in [1.165, 1.54) is 19.3 Å². The number of nitrogens with zero attached hydrogens (tertiary/aromatic N) is 1. The fourth-order valence-corrected chi connectivity index (χ4v) is 5.35. The van der Waals surface area contributed by atoms with E-state index in [2.05, 4.69) is 11.4 Å². The van der Waals surface area contributed by atoms with Gasteiger partial charge in [-0.05, 0) is 69.6 Å². The summed E-state index contributed by atoms with van der Waals surface area (Å²) in [5.41, 5.74) is 5.14. The highest BCUT2D eigenvalue weighted by molar-refractivity contribution is 5.89. The number of carbonyl (C=O) groups is 2. The third-order valence-electron chi connectivity index (χ3n) is 5.98. The van der Waals surface area contributed by atoms with Crippen molar-refractivity contribution in [3.63, 3.8) is 0 Å². The van der Waals surface area contributed by atoms with Gasteiger partial charge in [-0.2, -0.15) is 5.26 Å². The molecule has 0 unspecified atom stereocenters. The molecule has 4 aliphatic carbocycles. The van der Waals surface area contributed by atoms with E-state index in [9.17, 15) is 9.59 Å². The fraction of sp³-hybridized carbons (Fsp3) is 0.824. The second-order valence-corrected chi connectivity index (χ2v) is 7.89. The van der Waals surface area contributed by atoms with Crippen LogP contribution in [0, 0.1) is 40.4 Å². The van der Waals surface area contributed by atoms with Crippen molar-refractivity contribution < 1.29 is 9.59 Å². The fourth-order valence-electron chi connectivity index (χ4n) is 5.35. The largest absolute Gasteiger partial charge is 0.368 e. The topological polar surface area (TPSA) is 96.0 Å². The van der Waals surface area contributed by atoms with Crippen LogP contribution >= 0.6 is 0 Å². The summed E-state index contributed by atoms with van der Waals surface area (Å²) in [7, 11) is 0. The Morgan fingerprint density at radius 1 is 1.23 bits per heavy atom. The number of nitrogens with one attached hydrogen (secondary N) is 1. The van der Waals surface area contributed by atoms with Gasteiger partial charge >= 0.3 is 0 Å². The van der Waals surface area contributed by atoms with Crippen LogP contribution < -0.4 is 11.1 Å². The Kier molecular flexibility index (Phi) is 3.88. The lowest BCUT2D eigenvalue weighted by molar-refractivity contribution is -0.148. The van der Waals surface area contributed by atoms with Crippen LogP contribution in [0.4, 0.5) is 0 Å². The zero-order valence-electron chi connectivity index (χ0n) is 13.2. The maximum Gasteiger partial charge on any atom is 0.240 e. The van der Waals surface area contributed by atoms with E-state index in [0.717, 1.165) is 19.3 Å². The van der Waals surface area contributed by atoms with Gasteiger partial charge in [0.2, 0.25) is 11.8 Å². The van der Waals surface area contributed by atoms with Crippen molar-refractivity contribution in [1.29, 1.82) is 5.26 Å². The SMILES string of the molecule is C[C@H](C#N)C[C@H](NC(=O)C12CC3CC(CC(C3)C1)C2)C(N)=O. The molecule has 0 aromatic heterocycles. The van der Waals surface area contributed by atoms with E-state index in [1.54, 1.807) is 6.92 Å². The summed E-state index contributed by atoms with van der Waals surface area (Å²) < 4.78 is 0. The first-order valence-corrected chi connectivity index (χ1v) is 8.42. The molecule has 4 rings (SSSR count). The molecule has 0 aliphatic heterocycles. The van der Waals surface area contributed by atoms with Crippen LogP contribution in [0.15, 0.2) is 0 Å². The predicted octanol–water partition coefficient (Wildman–Crippen LogP) is 1.72. The van der Waals surface area contributed by atoms with E-state index in [1.807, 2.05) is 0 Å². The summed E-state index contributed by atoms with van der Waals surface area (Å²) in [5.74, 6) is 1.21. The highest BCUT2D eigenvalue weighted by Gasteiger charge is 2.54. The number of hydrogen-bond acceptors (Lipinski definition) is 3. The van der Waals surface area contributed by atoms with Gasteiger partial charge in [0.05, 0.1) is 6.07 Å². The molecule has 3 N–H and O–H groups in total. The second-order valence-electron chi connectivity index (χ2n) is 7.89. The number of primary amides is 1. The van der Waals surface area contributed by atoms with Crippen LogP contribution in [0.1, 0.15) is 51.9 Å². The number of amides is 2. The summed E-state index contributed by atoms with van der Waals surface area (Å²) in [5, 5.41) is 11.8. The lowest BCUT2D eigenvalue weighted by Gasteiger charge is -2.55. The van der Waals surface area contributed by atoms with Gasteiger partial charge in [0.25, 0.3) is 0 Å². The molecule has 4 saturated carbocycles. The normalized spacial score (nSPS) is 38.1. The maximum absolute atomic E-state index is 12.9. The smallest absolute Gasteiger partial charge is 0.240 e. The van der Waals surface area contributed by atoms with Gasteiger partial charge in [-0.25, -0.2) is 0 Å². The molecule has 0 radical (unpaired) electrons. The van der Waals surface area contributed by atoms with Gasteiger partial charge in [0, 0.05) is 11.3 Å². The zero-order chi connectivity index (χ0) is 15.9. The summed E-state index contributed by atoms with van der Waals surface area (Å²) in [6.07, 6.45) is 7.01. The van der Waals surface area contributed by atoms with E-state index in [4.69, 9.17) is 11.0 Å². The molecule has 0 saturated heterocycles. The van der Waals surface area contributed by atoms with Gasteiger partial charge in [-0.3, -0.25) is 9.59 Å². The average molecular weight is 303 g/mol. The van der Waals surface area contributed by atoms with E-state index in [0.29, 0.717) is 24.2 Å². The zero-order valence-corrected chi connectivity index (χ0v) is 13.2. The minimum atomic E-state index is -0.727. The van der Waals surface area contributed by atoms with Crippen molar-refractivity contribution in [2.75, 3.05) is 0 Å². The number of rotatable bonds is 5. The molecule has 0 aromatic rings. The van der Waals surface area contributed by atoms with Crippen molar-refractivity contribution in [3.05, 3.63) is 0 Å². The third kappa shape index (κ3) is 2.71. The Morgan fingerprint density at radius 3 is 2.14 bits per heavy atom. The van der Waals surface area contributed by atoms with Crippen molar-refractivity contribution in [3.8, 4) is 6.07 Å². The average Bonchev–Trinajstić information content (AvgIpc) is 2.44. The Hall–Kier alpha value is -1.57. The third-order valence-corrected chi connectivity index (χ3v) is 5.98. The lowest BCUT2D eigenvalue weighted by Crippen LogP contribution is -2.57. The summed E-state index contributed by atoms with van der Waals surface area (Å²) in [4.78, 5) is 24.5. The summed E-state index contributed by atoms with van der Waals surface area (Å²) in [6, 6.07) is 1.37. The first-order chi connectivity index (χ1) is 10.4. The molecule has 4 fully saturated rings. The maximum atomic E-state index is 12.9. The van der Waals surface area contributed by atoms with Crippen LogP contribution in [-0.2, 0) is 9.59 Å².